The van der Waals surface area contributed by atoms with Crippen molar-refractivity contribution in [3.8, 4) is 22.3 Å². The van der Waals surface area contributed by atoms with Gasteiger partial charge in [0.1, 0.15) is 11.3 Å². The standard InChI is InChI=1S/C28H24Cl2F2N2O2/c1-33-16-24-13-21-10-19(14-25(26(21)36-24)20-11-22(29)15-23(30)12-20)17-2-4-18(5-3-17)27(35)34-8-6-28(31,32)7-9-34/h2-5,10-15,33H,6-9,16H2,1H3. The monoisotopic (exact) mass is 528 g/mol. The number of fused-ring (bicyclic) bond motifs is 1. The van der Waals surface area contributed by atoms with Crippen LogP contribution in [0.2, 0.25) is 10.0 Å². The minimum absolute atomic E-state index is 0.0608. The molecule has 8 heteroatoms. The maximum Gasteiger partial charge on any atom is 0.253 e. The van der Waals surface area contributed by atoms with E-state index in [1.807, 2.05) is 49.5 Å². The van der Waals surface area contributed by atoms with Gasteiger partial charge in [-0.3, -0.25) is 4.79 Å². The zero-order valence-electron chi connectivity index (χ0n) is 19.6. The molecule has 0 spiro atoms. The van der Waals surface area contributed by atoms with Crippen LogP contribution in [-0.2, 0) is 6.54 Å². The normalized spacial score (nSPS) is 15.4. The highest BCUT2D eigenvalue weighted by atomic mass is 35.5. The fourth-order valence-corrected chi connectivity index (χ4v) is 5.11. The van der Waals surface area contributed by atoms with Crippen LogP contribution in [0, 0.1) is 0 Å². The van der Waals surface area contributed by atoms with Crippen LogP contribution in [0.3, 0.4) is 0 Å². The first-order chi connectivity index (χ1) is 17.2. The zero-order chi connectivity index (χ0) is 25.4. The SMILES string of the molecule is CNCc1cc2cc(-c3ccc(C(=O)N4CCC(F)(F)CC4)cc3)cc(-c3cc(Cl)cc(Cl)c3)c2o1. The van der Waals surface area contributed by atoms with Crippen LogP contribution in [0.1, 0.15) is 29.0 Å². The average Bonchev–Trinajstić information content (AvgIpc) is 3.25. The Kier molecular flexibility index (Phi) is 6.77. The summed E-state index contributed by atoms with van der Waals surface area (Å²) >= 11 is 12.6. The molecule has 1 fully saturated rings. The maximum atomic E-state index is 13.5. The van der Waals surface area contributed by atoms with E-state index in [-0.39, 0.29) is 31.8 Å². The summed E-state index contributed by atoms with van der Waals surface area (Å²) in [5.41, 5.74) is 4.73. The fraction of sp³-hybridized carbons (Fsp3) is 0.250. The Morgan fingerprint density at radius 2 is 1.61 bits per heavy atom. The van der Waals surface area contributed by atoms with Gasteiger partial charge in [0, 0.05) is 52.5 Å². The molecule has 3 aromatic carbocycles. The quantitative estimate of drug-likeness (QED) is 0.289. The summed E-state index contributed by atoms with van der Waals surface area (Å²) in [6.45, 7) is 0.704. The van der Waals surface area contributed by atoms with Crippen LogP contribution in [0.25, 0.3) is 33.2 Å². The van der Waals surface area contributed by atoms with Gasteiger partial charge >= 0.3 is 0 Å². The molecule has 0 radical (unpaired) electrons. The van der Waals surface area contributed by atoms with Gasteiger partial charge < -0.3 is 14.6 Å². The summed E-state index contributed by atoms with van der Waals surface area (Å²) in [4.78, 5) is 14.3. The molecule has 1 aliphatic rings. The summed E-state index contributed by atoms with van der Waals surface area (Å²) in [5.74, 6) is -2.12. The van der Waals surface area contributed by atoms with E-state index >= 15 is 0 Å². The van der Waals surface area contributed by atoms with Crippen molar-refractivity contribution in [2.75, 3.05) is 20.1 Å². The number of benzene rings is 3. The first-order valence-electron chi connectivity index (χ1n) is 11.7. The molecular formula is C28H24Cl2F2N2O2. The van der Waals surface area contributed by atoms with E-state index in [9.17, 15) is 13.6 Å². The number of nitrogens with one attached hydrogen (secondary N) is 1. The lowest BCUT2D eigenvalue weighted by Crippen LogP contribution is -2.42. The van der Waals surface area contributed by atoms with Crippen molar-refractivity contribution in [2.24, 2.45) is 0 Å². The van der Waals surface area contributed by atoms with Crippen molar-refractivity contribution in [3.05, 3.63) is 82.0 Å². The Hall–Kier alpha value is -2.93. The molecule has 186 valence electrons. The molecular weight excluding hydrogens is 505 g/mol. The van der Waals surface area contributed by atoms with Gasteiger partial charge in [-0.25, -0.2) is 8.78 Å². The summed E-state index contributed by atoms with van der Waals surface area (Å²) in [7, 11) is 1.86. The Morgan fingerprint density at radius 3 is 2.25 bits per heavy atom. The summed E-state index contributed by atoms with van der Waals surface area (Å²) in [6.07, 6.45) is -0.596. The Morgan fingerprint density at radius 1 is 0.944 bits per heavy atom. The minimum Gasteiger partial charge on any atom is -0.459 e. The predicted molar refractivity (Wildman–Crippen MR) is 140 cm³/mol. The number of amides is 1. The summed E-state index contributed by atoms with van der Waals surface area (Å²) in [5, 5.41) is 5.08. The molecule has 0 atom stereocenters. The van der Waals surface area contributed by atoms with E-state index in [1.54, 1.807) is 18.2 Å². The molecule has 2 heterocycles. The Bertz CT molecular complexity index is 1400. The number of carbonyl (C=O) groups excluding carboxylic acids is 1. The number of alkyl halides is 2. The van der Waals surface area contributed by atoms with Crippen LogP contribution in [0.4, 0.5) is 8.78 Å². The minimum atomic E-state index is -2.69. The van der Waals surface area contributed by atoms with Crippen molar-refractivity contribution < 1.29 is 18.0 Å². The zero-order valence-corrected chi connectivity index (χ0v) is 21.1. The second kappa shape index (κ2) is 9.85. The number of halogens is 4. The smallest absolute Gasteiger partial charge is 0.253 e. The lowest BCUT2D eigenvalue weighted by Gasteiger charge is -2.31. The highest BCUT2D eigenvalue weighted by Gasteiger charge is 2.35. The second-order valence-corrected chi connectivity index (χ2v) is 9.94. The molecule has 0 unspecified atom stereocenters. The van der Waals surface area contributed by atoms with Crippen LogP contribution < -0.4 is 5.32 Å². The van der Waals surface area contributed by atoms with Gasteiger partial charge in [-0.05, 0) is 72.3 Å². The Labute approximate surface area is 217 Å². The molecule has 1 N–H and O–H groups in total. The van der Waals surface area contributed by atoms with Gasteiger partial charge in [0.05, 0.1) is 6.54 Å². The predicted octanol–water partition coefficient (Wildman–Crippen LogP) is 7.66. The van der Waals surface area contributed by atoms with Crippen LogP contribution in [0.15, 0.2) is 65.1 Å². The lowest BCUT2D eigenvalue weighted by atomic mass is 9.96. The number of rotatable bonds is 5. The highest BCUT2D eigenvalue weighted by molar-refractivity contribution is 6.35. The van der Waals surface area contributed by atoms with Crippen molar-refractivity contribution in [2.45, 2.75) is 25.3 Å². The molecule has 1 aliphatic heterocycles. The topological polar surface area (TPSA) is 45.5 Å². The first-order valence-corrected chi connectivity index (χ1v) is 12.4. The summed E-state index contributed by atoms with van der Waals surface area (Å²) < 4.78 is 33.1. The Balaban J connectivity index is 1.51. The van der Waals surface area contributed by atoms with Gasteiger partial charge in [-0.1, -0.05) is 35.3 Å². The van der Waals surface area contributed by atoms with Crippen LogP contribution >= 0.6 is 23.2 Å². The molecule has 36 heavy (non-hydrogen) atoms. The van der Waals surface area contributed by atoms with Gasteiger partial charge in [-0.2, -0.15) is 0 Å². The van der Waals surface area contributed by atoms with Crippen molar-refractivity contribution in [3.63, 3.8) is 0 Å². The average molecular weight is 529 g/mol. The maximum absolute atomic E-state index is 13.5. The van der Waals surface area contributed by atoms with Crippen molar-refractivity contribution in [1.82, 2.24) is 10.2 Å². The molecule has 1 saturated heterocycles. The molecule has 4 nitrogen and oxygen atoms in total. The molecule has 0 bridgehead atoms. The third-order valence-corrected chi connectivity index (χ3v) is 6.88. The molecule has 1 aromatic heterocycles. The third kappa shape index (κ3) is 5.12. The lowest BCUT2D eigenvalue weighted by molar-refractivity contribution is -0.0494. The number of hydrogen-bond acceptors (Lipinski definition) is 3. The third-order valence-electron chi connectivity index (χ3n) is 6.44. The van der Waals surface area contributed by atoms with Crippen molar-refractivity contribution >= 4 is 40.1 Å². The van der Waals surface area contributed by atoms with Crippen LogP contribution in [-0.4, -0.2) is 36.9 Å². The summed E-state index contributed by atoms with van der Waals surface area (Å²) in [6, 6.07) is 18.6. The fourth-order valence-electron chi connectivity index (χ4n) is 4.58. The van der Waals surface area contributed by atoms with E-state index in [1.165, 1.54) is 4.90 Å². The molecule has 4 aromatic rings. The van der Waals surface area contributed by atoms with Gasteiger partial charge in [0.15, 0.2) is 0 Å². The highest BCUT2D eigenvalue weighted by Crippen LogP contribution is 2.38. The number of likely N-dealkylation sites (tertiary alicyclic amines) is 1. The molecule has 0 aliphatic carbocycles. The largest absolute Gasteiger partial charge is 0.459 e. The number of nitrogens with zero attached hydrogens (tertiary/aromatic N) is 1. The van der Waals surface area contributed by atoms with Gasteiger partial charge in [0.25, 0.3) is 11.8 Å². The first kappa shape index (κ1) is 24.8. The van der Waals surface area contributed by atoms with E-state index in [0.29, 0.717) is 22.2 Å². The van der Waals surface area contributed by atoms with Gasteiger partial charge in [0.2, 0.25) is 0 Å². The van der Waals surface area contributed by atoms with Crippen molar-refractivity contribution in [1.29, 1.82) is 0 Å². The number of carbonyl (C=O) groups is 1. The number of piperidine rings is 1. The molecule has 5 rings (SSSR count). The number of furan rings is 1. The second-order valence-electron chi connectivity index (χ2n) is 9.07. The van der Waals surface area contributed by atoms with E-state index in [0.717, 1.165) is 39.0 Å². The van der Waals surface area contributed by atoms with Gasteiger partial charge in [-0.15, -0.1) is 0 Å². The van der Waals surface area contributed by atoms with E-state index in [2.05, 4.69) is 5.32 Å². The van der Waals surface area contributed by atoms with E-state index < -0.39 is 5.92 Å². The molecule has 1 amide bonds. The van der Waals surface area contributed by atoms with E-state index in [4.69, 9.17) is 27.6 Å². The van der Waals surface area contributed by atoms with Crippen LogP contribution in [0.5, 0.6) is 0 Å². The number of hydrogen-bond donors (Lipinski definition) is 1. The molecule has 0 saturated carbocycles.